The van der Waals surface area contributed by atoms with Crippen LogP contribution in [0.3, 0.4) is 0 Å². The topological polar surface area (TPSA) is 201 Å². The van der Waals surface area contributed by atoms with Gasteiger partial charge in [0.1, 0.15) is 0 Å². The van der Waals surface area contributed by atoms with Crippen molar-refractivity contribution in [2.75, 3.05) is 0 Å². The summed E-state index contributed by atoms with van der Waals surface area (Å²) in [6.45, 7) is 51.3. The van der Waals surface area contributed by atoms with Crippen LogP contribution >= 0.6 is 63.1 Å². The molecule has 0 rings (SSSR count). The van der Waals surface area contributed by atoms with Crippen LogP contribution in [-0.2, 0) is 24.0 Å². The van der Waals surface area contributed by atoms with Crippen LogP contribution in [0.25, 0.3) is 0 Å². The first-order chi connectivity index (χ1) is 61.7. The summed E-state index contributed by atoms with van der Waals surface area (Å²) in [6, 6.07) is 0. The number of carbonyl (C=O) groups is 5. The Labute approximate surface area is 870 Å². The van der Waals surface area contributed by atoms with Crippen LogP contribution in [0.1, 0.15) is 596 Å². The van der Waals surface area contributed by atoms with Gasteiger partial charge < -0.3 is 49.5 Å². The van der Waals surface area contributed by atoms with Crippen LogP contribution in [0.2, 0.25) is 13.3 Å². The second-order valence-electron chi connectivity index (χ2n) is 44.3. The van der Waals surface area contributed by atoms with Gasteiger partial charge in [0.25, 0.3) is 0 Å². The predicted molar refractivity (Wildman–Crippen MR) is 589 cm³/mol. The van der Waals surface area contributed by atoms with Gasteiger partial charge in [-0.1, -0.05) is 395 Å². The molecule has 0 saturated carbocycles. The number of hydrogen-bond donors (Lipinski definition) is 5. The van der Waals surface area contributed by atoms with E-state index in [1.807, 2.05) is 0 Å². The van der Waals surface area contributed by atoms with Crippen LogP contribution in [-0.4, -0.2) is 97.2 Å². The van der Waals surface area contributed by atoms with Crippen molar-refractivity contribution in [2.45, 2.75) is 633 Å². The SMILES string of the molecule is CC(C)CCCCCC(S)(CCCCCC(C)C)C(=O)[O-].CC(C)CCCCCC(S)(CCCCCC(C)C)C(=O)[O-].CC(C)CCCCCC(S)(CCCCCC(C)C)C(=O)[O-].CC(C)CCCCCC(S)(CCCCCC(C)C)C(=O)[O-].CC(C)CCCCCC(S)(CCCCCC(C)C)C(=O)[O-].CCCCCCC[CH2][Sn+2][CH2]CCCCCCC.CCCCCCC[CH2][Sn+3]. The molecule has 0 unspecified atom stereocenters. The average Bonchev–Trinajstić information content (AvgIpc) is 0.899. The number of hydrogen-bond acceptors (Lipinski definition) is 15. The van der Waals surface area contributed by atoms with Gasteiger partial charge in [-0.05, 0) is 123 Å². The quantitative estimate of drug-likeness (QED) is 0.0222. The zero-order valence-electron chi connectivity index (χ0n) is 91.3. The maximum absolute atomic E-state index is 11.4. The second kappa shape index (κ2) is 101. The molecule has 0 aromatic rings. The molecule has 0 heterocycles. The van der Waals surface area contributed by atoms with Gasteiger partial charge in [-0.25, -0.2) is 0 Å². The molecule has 10 nitrogen and oxygen atoms in total. The molecular weight excluding hydrogens is 1930 g/mol. The molecule has 0 aliphatic carbocycles. The van der Waals surface area contributed by atoms with E-state index < -0.39 is 53.6 Å². The Kier molecular flexibility index (Phi) is 111. The standard InChI is InChI=1S/5C18H36O2S.3C8H17.2Sn/c5*1-15(2)11-7-5-9-13-18(21,17(19)20)14-10-6-8-12-16(3)4;3*1-3-5-7-8-6-4-2;;/h5*15-16,21H,5-14H2,1-4H3,(H,19,20);3*1,3-8H2,2H3;;/q;;;;;;;;+2;+3/p-5. The third-order valence-corrected chi connectivity index (χ3v) is 33.8. The summed E-state index contributed by atoms with van der Waals surface area (Å²) in [7, 11) is 0. The van der Waals surface area contributed by atoms with Crippen molar-refractivity contribution in [2.24, 2.45) is 59.2 Å². The third-order valence-electron chi connectivity index (χ3n) is 25.6. The van der Waals surface area contributed by atoms with Crippen molar-refractivity contribution in [3.63, 3.8) is 0 Å². The Morgan fingerprint density at radius 2 is 0.313 bits per heavy atom. The van der Waals surface area contributed by atoms with Crippen molar-refractivity contribution < 1.29 is 49.5 Å². The molecular formula is C114H226O10S5Sn2. The molecule has 131 heavy (non-hydrogen) atoms. The number of carboxylic acids is 5. The summed E-state index contributed by atoms with van der Waals surface area (Å²) in [4.78, 5) is 56.9. The fourth-order valence-corrected chi connectivity index (χ4v) is 22.1. The number of thiol groups is 5. The van der Waals surface area contributed by atoms with Gasteiger partial charge in [0.15, 0.2) is 0 Å². The molecule has 0 saturated heterocycles. The molecule has 17 heteroatoms. The average molecular weight is 2150 g/mol. The van der Waals surface area contributed by atoms with Gasteiger partial charge in [0, 0.05) is 0 Å². The first-order valence-corrected chi connectivity index (χ1v) is 64.0. The summed E-state index contributed by atoms with van der Waals surface area (Å²) in [5.74, 6) is 2.36. The van der Waals surface area contributed by atoms with E-state index in [-0.39, 0.29) is 21.1 Å². The molecule has 0 atom stereocenters. The molecule has 0 spiro atoms. The van der Waals surface area contributed by atoms with E-state index in [0.717, 1.165) is 188 Å². The predicted octanol–water partition coefficient (Wildman–Crippen LogP) is 32.3. The number of carboxylic acid groups (broad SMARTS) is 5. The normalized spacial score (nSPS) is 11.9. The Morgan fingerprint density at radius 3 is 0.427 bits per heavy atom. The molecule has 0 aliphatic heterocycles. The molecule has 780 valence electrons. The molecule has 0 radical (unpaired) electrons. The zero-order valence-corrected chi connectivity index (χ0v) is 101. The van der Waals surface area contributed by atoms with Gasteiger partial charge in [0.05, 0.1) is 53.6 Å². The van der Waals surface area contributed by atoms with E-state index in [0.29, 0.717) is 64.2 Å². The molecule has 0 aliphatic rings. The van der Waals surface area contributed by atoms with Crippen LogP contribution < -0.4 is 25.5 Å². The van der Waals surface area contributed by atoms with Gasteiger partial charge >= 0.3 is 193 Å². The van der Waals surface area contributed by atoms with Gasteiger partial charge in [-0.3, -0.25) is 0 Å². The first-order valence-electron chi connectivity index (χ1n) is 55.8. The van der Waals surface area contributed by atoms with Gasteiger partial charge in [-0.15, -0.1) is 0 Å². The van der Waals surface area contributed by atoms with E-state index in [1.165, 1.54) is 236 Å². The van der Waals surface area contributed by atoms with Crippen LogP contribution in [0.15, 0.2) is 0 Å². The van der Waals surface area contributed by atoms with E-state index in [4.69, 9.17) is 0 Å². The Balaban J connectivity index is -0.000000277. The summed E-state index contributed by atoms with van der Waals surface area (Å²) in [5, 5.41) is 56.9. The third kappa shape index (κ3) is 109. The van der Waals surface area contributed by atoms with Gasteiger partial charge in [-0.2, -0.15) is 63.1 Å². The Hall–Kier alpha value is 0.697. The number of rotatable bonds is 85. The van der Waals surface area contributed by atoms with Crippen LogP contribution in [0.5, 0.6) is 0 Å². The summed E-state index contributed by atoms with van der Waals surface area (Å²) < 4.78 is 0.167. The van der Waals surface area contributed by atoms with Crippen molar-refractivity contribution in [1.29, 1.82) is 0 Å². The molecule has 0 bridgehead atoms. The Bertz CT molecular complexity index is 1990. The van der Waals surface area contributed by atoms with Gasteiger partial charge in [0.2, 0.25) is 0 Å². The van der Waals surface area contributed by atoms with Crippen molar-refractivity contribution >= 4 is 137 Å². The van der Waals surface area contributed by atoms with Crippen molar-refractivity contribution in [1.82, 2.24) is 0 Å². The monoisotopic (exact) mass is 2160 g/mol. The first kappa shape index (κ1) is 145. The number of aliphatic carboxylic acids is 5. The van der Waals surface area contributed by atoms with E-state index in [2.05, 4.69) is 222 Å². The van der Waals surface area contributed by atoms with E-state index in [1.54, 1.807) is 44.2 Å². The fraction of sp³-hybridized carbons (Fsp3) is 0.956. The Morgan fingerprint density at radius 1 is 0.198 bits per heavy atom. The van der Waals surface area contributed by atoms with E-state index in [9.17, 15) is 49.5 Å². The molecule has 0 aromatic heterocycles. The molecule has 0 fully saturated rings. The van der Waals surface area contributed by atoms with Crippen LogP contribution in [0, 0.1) is 59.2 Å². The molecule has 0 amide bonds. The molecule has 0 aromatic carbocycles. The fourth-order valence-electron chi connectivity index (χ4n) is 16.2. The summed E-state index contributed by atoms with van der Waals surface area (Å²) in [6.07, 6.45) is 77.4. The second-order valence-corrected chi connectivity index (χ2v) is 54.3. The minimum atomic E-state index is -0.987. The van der Waals surface area contributed by atoms with Crippen LogP contribution in [0.4, 0.5) is 0 Å². The number of carbonyl (C=O) groups excluding carboxylic acids is 5. The maximum atomic E-state index is 11.4. The van der Waals surface area contributed by atoms with Crippen molar-refractivity contribution in [3.05, 3.63) is 0 Å². The zero-order chi connectivity index (χ0) is 101. The molecule has 0 N–H and O–H groups in total. The number of unbranched alkanes of at least 4 members (excludes halogenated alkanes) is 35. The van der Waals surface area contributed by atoms with E-state index >= 15 is 0 Å². The summed E-state index contributed by atoms with van der Waals surface area (Å²) in [5.41, 5.74) is 0. The van der Waals surface area contributed by atoms with Crippen molar-refractivity contribution in [3.8, 4) is 0 Å². The minimum absolute atomic E-state index is 0.0736. The summed E-state index contributed by atoms with van der Waals surface area (Å²) >= 11 is 24.0.